The molecule has 0 spiro atoms. The number of nitrogens with one attached hydrogen (secondary N) is 1. The topological polar surface area (TPSA) is 92.7 Å². The van der Waals surface area contributed by atoms with Gasteiger partial charge in [0.15, 0.2) is 0 Å². The summed E-state index contributed by atoms with van der Waals surface area (Å²) >= 11 is 0. The molecule has 0 aliphatic heterocycles. The summed E-state index contributed by atoms with van der Waals surface area (Å²) < 4.78 is 42.2. The fourth-order valence-electron chi connectivity index (χ4n) is 2.08. The maximum absolute atomic E-state index is 12.5. The monoisotopic (exact) mass is 361 g/mol. The molecule has 9 heteroatoms. The Bertz CT molecular complexity index is 628. The SMILES string of the molecule is CCOC(=O)C[C@H](C)[C@H](NC(=O)c1ccc(C(F)(F)F)cc1)C(=O)O. The second-order valence-corrected chi connectivity index (χ2v) is 5.35. The maximum atomic E-state index is 12.5. The summed E-state index contributed by atoms with van der Waals surface area (Å²) in [5.74, 6) is -3.59. The van der Waals surface area contributed by atoms with Crippen LogP contribution in [0.1, 0.15) is 36.2 Å². The number of alkyl halides is 3. The number of esters is 1. The van der Waals surface area contributed by atoms with Gasteiger partial charge in [0.05, 0.1) is 18.6 Å². The number of ether oxygens (including phenoxy) is 1. The average Bonchev–Trinajstić information content (AvgIpc) is 2.51. The number of carbonyl (C=O) groups is 3. The molecule has 2 N–H and O–H groups in total. The van der Waals surface area contributed by atoms with Crippen LogP contribution in [0.25, 0.3) is 0 Å². The van der Waals surface area contributed by atoms with Gasteiger partial charge in [0.1, 0.15) is 6.04 Å². The van der Waals surface area contributed by atoms with E-state index in [-0.39, 0.29) is 18.6 Å². The van der Waals surface area contributed by atoms with Gasteiger partial charge in [-0.1, -0.05) is 6.92 Å². The average molecular weight is 361 g/mol. The quantitative estimate of drug-likeness (QED) is 0.728. The predicted octanol–water partition coefficient (Wildman–Crippen LogP) is 2.48. The van der Waals surface area contributed by atoms with Crippen LogP contribution in [-0.2, 0) is 20.5 Å². The summed E-state index contributed by atoms with van der Waals surface area (Å²) in [7, 11) is 0. The van der Waals surface area contributed by atoms with E-state index in [4.69, 9.17) is 4.74 Å². The van der Waals surface area contributed by atoms with Gasteiger partial charge in [-0.05, 0) is 37.1 Å². The lowest BCUT2D eigenvalue weighted by Crippen LogP contribution is -2.45. The summed E-state index contributed by atoms with van der Waals surface area (Å²) in [5.41, 5.74) is -1.04. The molecule has 0 radical (unpaired) electrons. The lowest BCUT2D eigenvalue weighted by molar-refractivity contribution is -0.146. The number of halogens is 3. The lowest BCUT2D eigenvalue weighted by Gasteiger charge is -2.21. The number of rotatable bonds is 7. The number of hydrogen-bond acceptors (Lipinski definition) is 4. The molecule has 1 rings (SSSR count). The molecular formula is C16H18F3NO5. The number of carbonyl (C=O) groups excluding carboxylic acids is 2. The number of benzene rings is 1. The first-order chi connectivity index (χ1) is 11.6. The normalized spacial score (nSPS) is 13.6. The third kappa shape index (κ3) is 6.09. The second kappa shape index (κ2) is 8.50. The Balaban J connectivity index is 2.82. The Morgan fingerprint density at radius 2 is 1.76 bits per heavy atom. The molecule has 1 amide bonds. The zero-order valence-electron chi connectivity index (χ0n) is 13.6. The highest BCUT2D eigenvalue weighted by Gasteiger charge is 2.31. The predicted molar refractivity (Wildman–Crippen MR) is 80.7 cm³/mol. The molecule has 0 heterocycles. The van der Waals surface area contributed by atoms with E-state index < -0.39 is 41.5 Å². The standard InChI is InChI=1S/C16H18F3NO5/c1-3-25-12(21)8-9(2)13(15(23)24)20-14(22)10-4-6-11(7-5-10)16(17,18)19/h4-7,9,13H,3,8H2,1-2H3,(H,20,22)(H,23,24)/t9-,13-/m0/s1. The zero-order chi connectivity index (χ0) is 19.2. The van der Waals surface area contributed by atoms with Gasteiger partial charge < -0.3 is 15.2 Å². The molecule has 0 aliphatic rings. The van der Waals surface area contributed by atoms with E-state index in [2.05, 4.69) is 5.32 Å². The summed E-state index contributed by atoms with van der Waals surface area (Å²) in [4.78, 5) is 34.8. The summed E-state index contributed by atoms with van der Waals surface area (Å²) in [6, 6.07) is 1.97. The van der Waals surface area contributed by atoms with Crippen LogP contribution < -0.4 is 5.32 Å². The van der Waals surface area contributed by atoms with Crippen molar-refractivity contribution < 1.29 is 37.4 Å². The minimum absolute atomic E-state index is 0.123. The summed E-state index contributed by atoms with van der Waals surface area (Å²) in [5, 5.41) is 11.4. The summed E-state index contributed by atoms with van der Waals surface area (Å²) in [6.07, 6.45) is -4.76. The molecule has 0 saturated carbocycles. The highest BCUT2D eigenvalue weighted by molar-refractivity contribution is 5.96. The van der Waals surface area contributed by atoms with Crippen LogP contribution in [0.15, 0.2) is 24.3 Å². The van der Waals surface area contributed by atoms with Crippen LogP contribution in [0.3, 0.4) is 0 Å². The number of aliphatic carboxylic acids is 1. The van der Waals surface area contributed by atoms with E-state index in [0.29, 0.717) is 0 Å². The van der Waals surface area contributed by atoms with Crippen LogP contribution in [0, 0.1) is 5.92 Å². The molecule has 138 valence electrons. The number of carboxylic acids is 1. The first kappa shape index (κ1) is 20.5. The third-order valence-electron chi connectivity index (χ3n) is 3.39. The largest absolute Gasteiger partial charge is 0.480 e. The molecule has 25 heavy (non-hydrogen) atoms. The Hall–Kier alpha value is -2.58. The van der Waals surface area contributed by atoms with Crippen molar-refractivity contribution in [3.05, 3.63) is 35.4 Å². The van der Waals surface area contributed by atoms with Crippen molar-refractivity contribution in [2.75, 3.05) is 6.61 Å². The van der Waals surface area contributed by atoms with Gasteiger partial charge in [0, 0.05) is 5.56 Å². The molecule has 1 aromatic carbocycles. The van der Waals surface area contributed by atoms with Crippen LogP contribution >= 0.6 is 0 Å². The highest BCUT2D eigenvalue weighted by atomic mass is 19.4. The molecule has 0 unspecified atom stereocenters. The van der Waals surface area contributed by atoms with Crippen molar-refractivity contribution >= 4 is 17.8 Å². The van der Waals surface area contributed by atoms with E-state index in [1.54, 1.807) is 6.92 Å². The molecule has 0 aliphatic carbocycles. The van der Waals surface area contributed by atoms with Gasteiger partial charge in [-0.3, -0.25) is 9.59 Å². The van der Waals surface area contributed by atoms with Crippen LogP contribution in [0.4, 0.5) is 13.2 Å². The first-order valence-corrected chi connectivity index (χ1v) is 7.42. The number of hydrogen-bond donors (Lipinski definition) is 2. The molecule has 0 aromatic heterocycles. The molecule has 0 fully saturated rings. The van der Waals surface area contributed by atoms with Crippen molar-refractivity contribution in [3.63, 3.8) is 0 Å². The third-order valence-corrected chi connectivity index (χ3v) is 3.39. The Kier molecular flexibility index (Phi) is 6.96. The molecule has 1 aromatic rings. The van der Waals surface area contributed by atoms with Gasteiger partial charge in [-0.15, -0.1) is 0 Å². The van der Waals surface area contributed by atoms with Crippen molar-refractivity contribution in [2.24, 2.45) is 5.92 Å². The van der Waals surface area contributed by atoms with Crippen LogP contribution in [0.2, 0.25) is 0 Å². The van der Waals surface area contributed by atoms with Crippen molar-refractivity contribution in [2.45, 2.75) is 32.5 Å². The Labute approximate surface area is 142 Å². The molecule has 6 nitrogen and oxygen atoms in total. The fraction of sp³-hybridized carbons (Fsp3) is 0.438. The van der Waals surface area contributed by atoms with E-state index >= 15 is 0 Å². The minimum atomic E-state index is -4.53. The van der Waals surface area contributed by atoms with E-state index in [9.17, 15) is 32.7 Å². The molecule has 0 bridgehead atoms. The van der Waals surface area contributed by atoms with Gasteiger partial charge in [-0.25, -0.2) is 4.79 Å². The number of carboxylic acid groups (broad SMARTS) is 1. The minimum Gasteiger partial charge on any atom is -0.480 e. The van der Waals surface area contributed by atoms with Gasteiger partial charge in [-0.2, -0.15) is 13.2 Å². The smallest absolute Gasteiger partial charge is 0.416 e. The van der Waals surface area contributed by atoms with Gasteiger partial charge >= 0.3 is 18.1 Å². The van der Waals surface area contributed by atoms with E-state index in [1.807, 2.05) is 0 Å². The maximum Gasteiger partial charge on any atom is 0.416 e. The Morgan fingerprint density at radius 1 is 1.20 bits per heavy atom. The first-order valence-electron chi connectivity index (χ1n) is 7.42. The Morgan fingerprint density at radius 3 is 2.20 bits per heavy atom. The zero-order valence-corrected chi connectivity index (χ0v) is 13.6. The van der Waals surface area contributed by atoms with Gasteiger partial charge in [0.2, 0.25) is 0 Å². The van der Waals surface area contributed by atoms with Crippen molar-refractivity contribution in [3.8, 4) is 0 Å². The number of amides is 1. The molecule has 2 atom stereocenters. The van der Waals surface area contributed by atoms with Crippen molar-refractivity contribution in [1.82, 2.24) is 5.32 Å². The van der Waals surface area contributed by atoms with E-state index in [0.717, 1.165) is 24.3 Å². The molecule has 0 saturated heterocycles. The fourth-order valence-corrected chi connectivity index (χ4v) is 2.08. The summed E-state index contributed by atoms with van der Waals surface area (Å²) in [6.45, 7) is 3.19. The van der Waals surface area contributed by atoms with Gasteiger partial charge in [0.25, 0.3) is 5.91 Å². The molecular weight excluding hydrogens is 343 g/mol. The second-order valence-electron chi connectivity index (χ2n) is 5.35. The van der Waals surface area contributed by atoms with Crippen LogP contribution in [-0.4, -0.2) is 35.6 Å². The highest BCUT2D eigenvalue weighted by Crippen LogP contribution is 2.29. The van der Waals surface area contributed by atoms with Crippen molar-refractivity contribution in [1.29, 1.82) is 0 Å². The van der Waals surface area contributed by atoms with E-state index in [1.165, 1.54) is 6.92 Å². The van der Waals surface area contributed by atoms with Crippen LogP contribution in [0.5, 0.6) is 0 Å². The lowest BCUT2D eigenvalue weighted by atomic mass is 9.98.